The van der Waals surface area contributed by atoms with Crippen LogP contribution in [0.4, 0.5) is 4.39 Å². The lowest BCUT2D eigenvalue weighted by Crippen LogP contribution is -2.23. The van der Waals surface area contributed by atoms with E-state index < -0.39 is 5.82 Å². The van der Waals surface area contributed by atoms with Crippen LogP contribution in [0.3, 0.4) is 0 Å². The molecule has 0 spiro atoms. The van der Waals surface area contributed by atoms with Crippen LogP contribution in [0.1, 0.15) is 18.9 Å². The van der Waals surface area contributed by atoms with Crippen LogP contribution >= 0.6 is 11.8 Å². The highest BCUT2D eigenvalue weighted by Crippen LogP contribution is 2.26. The van der Waals surface area contributed by atoms with E-state index in [9.17, 15) is 9.18 Å². The van der Waals surface area contributed by atoms with Crippen molar-refractivity contribution in [3.63, 3.8) is 0 Å². The van der Waals surface area contributed by atoms with Crippen LogP contribution in [0, 0.1) is 5.82 Å². The van der Waals surface area contributed by atoms with Gasteiger partial charge in [0.25, 0.3) is 5.56 Å². The first-order valence-electron chi connectivity index (χ1n) is 8.96. The summed E-state index contributed by atoms with van der Waals surface area (Å²) in [6, 6.07) is 12.3. The molecule has 8 heteroatoms. The number of hydrogen-bond donors (Lipinski definition) is 0. The quantitative estimate of drug-likeness (QED) is 0.461. The lowest BCUT2D eigenvalue weighted by molar-refractivity contribution is 0.386. The van der Waals surface area contributed by atoms with Crippen molar-refractivity contribution >= 4 is 28.4 Å². The Balaban J connectivity index is 1.78. The maximum atomic E-state index is 14.0. The summed E-state index contributed by atoms with van der Waals surface area (Å²) in [6.07, 6.45) is 0.814. The lowest BCUT2D eigenvalue weighted by Gasteiger charge is -2.10. The average Bonchev–Trinajstić information content (AvgIpc) is 3.13. The number of rotatable bonds is 6. The van der Waals surface area contributed by atoms with Gasteiger partial charge in [0.15, 0.2) is 16.7 Å². The van der Waals surface area contributed by atoms with Crippen molar-refractivity contribution in [1.82, 2.24) is 19.2 Å². The lowest BCUT2D eigenvalue weighted by atomic mass is 10.2. The Bertz CT molecular complexity index is 1220. The summed E-state index contributed by atoms with van der Waals surface area (Å²) >= 11 is 1.45. The van der Waals surface area contributed by atoms with Gasteiger partial charge in [0.05, 0.1) is 18.0 Å². The summed E-state index contributed by atoms with van der Waals surface area (Å²) in [6.45, 7) is 2.59. The molecule has 28 heavy (non-hydrogen) atoms. The topological polar surface area (TPSA) is 61.4 Å². The SMILES string of the molecule is CCCn1c(=O)c2ccccc2n2c(SCc3ccc(OC)c(F)c3)nnc12. The molecule has 0 unspecified atom stereocenters. The number of aryl methyl sites for hydroxylation is 1. The van der Waals surface area contributed by atoms with E-state index in [2.05, 4.69) is 10.2 Å². The van der Waals surface area contributed by atoms with Crippen molar-refractivity contribution in [1.29, 1.82) is 0 Å². The summed E-state index contributed by atoms with van der Waals surface area (Å²) in [5, 5.41) is 9.85. The Labute approximate surface area is 165 Å². The van der Waals surface area contributed by atoms with E-state index in [0.29, 0.717) is 28.6 Å². The normalized spacial score (nSPS) is 11.4. The van der Waals surface area contributed by atoms with Crippen LogP contribution < -0.4 is 10.3 Å². The van der Waals surface area contributed by atoms with E-state index in [0.717, 1.165) is 17.5 Å². The fourth-order valence-electron chi connectivity index (χ4n) is 3.20. The van der Waals surface area contributed by atoms with E-state index in [1.165, 1.54) is 24.9 Å². The van der Waals surface area contributed by atoms with Crippen molar-refractivity contribution < 1.29 is 9.13 Å². The predicted molar refractivity (Wildman–Crippen MR) is 108 cm³/mol. The largest absolute Gasteiger partial charge is 0.494 e. The molecule has 0 saturated carbocycles. The van der Waals surface area contributed by atoms with Gasteiger partial charge in [-0.3, -0.25) is 13.8 Å². The summed E-state index contributed by atoms with van der Waals surface area (Å²) in [5.41, 5.74) is 1.51. The van der Waals surface area contributed by atoms with Gasteiger partial charge in [-0.15, -0.1) is 10.2 Å². The molecule has 0 bridgehead atoms. The molecule has 0 radical (unpaired) electrons. The molecular weight excluding hydrogens is 379 g/mol. The first-order valence-corrected chi connectivity index (χ1v) is 9.94. The maximum Gasteiger partial charge on any atom is 0.262 e. The molecular formula is C20H19FN4O2S. The number of para-hydroxylation sites is 1. The van der Waals surface area contributed by atoms with Crippen LogP contribution in [0.5, 0.6) is 5.75 Å². The molecule has 0 amide bonds. The number of fused-ring (bicyclic) bond motifs is 3. The van der Waals surface area contributed by atoms with Gasteiger partial charge in [-0.1, -0.05) is 36.9 Å². The summed E-state index contributed by atoms with van der Waals surface area (Å²) in [5.74, 6) is 0.863. The minimum Gasteiger partial charge on any atom is -0.494 e. The molecule has 0 fully saturated rings. The van der Waals surface area contributed by atoms with Gasteiger partial charge in [0.1, 0.15) is 0 Å². The predicted octanol–water partition coefficient (Wildman–Crippen LogP) is 3.89. The van der Waals surface area contributed by atoms with Crippen LogP contribution in [-0.2, 0) is 12.3 Å². The first-order chi connectivity index (χ1) is 13.6. The molecule has 0 aliphatic rings. The molecule has 4 rings (SSSR count). The fourth-order valence-corrected chi connectivity index (χ4v) is 4.08. The van der Waals surface area contributed by atoms with E-state index in [1.807, 2.05) is 41.7 Å². The highest BCUT2D eigenvalue weighted by atomic mass is 32.2. The van der Waals surface area contributed by atoms with Crippen molar-refractivity contribution in [3.8, 4) is 5.75 Å². The second-order valence-electron chi connectivity index (χ2n) is 6.35. The van der Waals surface area contributed by atoms with Crippen molar-refractivity contribution in [2.45, 2.75) is 30.8 Å². The number of methoxy groups -OCH3 is 1. The minimum absolute atomic E-state index is 0.0638. The number of hydrogen-bond acceptors (Lipinski definition) is 5. The molecule has 144 valence electrons. The molecule has 0 aliphatic carbocycles. The van der Waals surface area contributed by atoms with E-state index in [4.69, 9.17) is 4.74 Å². The van der Waals surface area contributed by atoms with Crippen LogP contribution in [0.25, 0.3) is 16.7 Å². The molecule has 0 saturated heterocycles. The van der Waals surface area contributed by atoms with Gasteiger partial charge < -0.3 is 4.74 Å². The Morgan fingerprint density at radius 3 is 2.75 bits per heavy atom. The maximum absolute atomic E-state index is 14.0. The summed E-state index contributed by atoms with van der Waals surface area (Å²) in [4.78, 5) is 12.8. The zero-order valence-corrected chi connectivity index (χ0v) is 16.4. The smallest absolute Gasteiger partial charge is 0.262 e. The molecule has 6 nitrogen and oxygen atoms in total. The van der Waals surface area contributed by atoms with Crippen molar-refractivity contribution in [2.75, 3.05) is 7.11 Å². The Kier molecular flexibility index (Phi) is 5.04. The van der Waals surface area contributed by atoms with E-state index in [1.54, 1.807) is 10.6 Å². The highest BCUT2D eigenvalue weighted by molar-refractivity contribution is 7.98. The Morgan fingerprint density at radius 1 is 1.18 bits per heavy atom. The third-order valence-electron chi connectivity index (χ3n) is 4.51. The number of aromatic nitrogens is 4. The van der Waals surface area contributed by atoms with Gasteiger partial charge in [0, 0.05) is 12.3 Å². The zero-order valence-electron chi connectivity index (χ0n) is 15.6. The molecule has 4 aromatic rings. The Morgan fingerprint density at radius 2 is 2.00 bits per heavy atom. The number of halogens is 1. The molecule has 0 aliphatic heterocycles. The molecule has 2 aromatic carbocycles. The second kappa shape index (κ2) is 7.63. The fraction of sp³-hybridized carbons (Fsp3) is 0.250. The van der Waals surface area contributed by atoms with E-state index >= 15 is 0 Å². The first kappa shape index (κ1) is 18.5. The summed E-state index contributed by atoms with van der Waals surface area (Å²) in [7, 11) is 1.44. The number of thioether (sulfide) groups is 1. The van der Waals surface area contributed by atoms with Gasteiger partial charge in [-0.05, 0) is 36.2 Å². The van der Waals surface area contributed by atoms with Gasteiger partial charge >= 0.3 is 0 Å². The number of nitrogens with zero attached hydrogens (tertiary/aromatic N) is 4. The molecule has 2 aromatic heterocycles. The van der Waals surface area contributed by atoms with Crippen molar-refractivity contribution in [2.24, 2.45) is 0 Å². The number of ether oxygens (including phenoxy) is 1. The molecule has 0 N–H and O–H groups in total. The van der Waals surface area contributed by atoms with Gasteiger partial charge in [0.2, 0.25) is 5.78 Å². The van der Waals surface area contributed by atoms with Crippen LogP contribution in [0.2, 0.25) is 0 Å². The molecule has 2 heterocycles. The Hall–Kier alpha value is -2.87. The third-order valence-corrected chi connectivity index (χ3v) is 5.51. The monoisotopic (exact) mass is 398 g/mol. The van der Waals surface area contributed by atoms with Crippen molar-refractivity contribution in [3.05, 3.63) is 64.2 Å². The molecule has 0 atom stereocenters. The zero-order chi connectivity index (χ0) is 19.7. The average molecular weight is 398 g/mol. The van der Waals surface area contributed by atoms with Gasteiger partial charge in [-0.2, -0.15) is 0 Å². The third kappa shape index (κ3) is 3.13. The second-order valence-corrected chi connectivity index (χ2v) is 7.29. The van der Waals surface area contributed by atoms with Gasteiger partial charge in [-0.25, -0.2) is 4.39 Å². The van der Waals surface area contributed by atoms with Crippen LogP contribution in [0.15, 0.2) is 52.4 Å². The minimum atomic E-state index is -0.395. The standard InChI is InChI=1S/C20H19FN4O2S/c1-3-10-24-18(26)14-6-4-5-7-16(14)25-19(24)22-23-20(25)28-12-13-8-9-17(27-2)15(21)11-13/h4-9,11H,3,10,12H2,1-2H3. The highest BCUT2D eigenvalue weighted by Gasteiger charge is 2.16. The van der Waals surface area contributed by atoms with Crippen LogP contribution in [-0.4, -0.2) is 26.3 Å². The van der Waals surface area contributed by atoms with E-state index in [-0.39, 0.29) is 11.3 Å². The summed E-state index contributed by atoms with van der Waals surface area (Å²) < 4.78 is 22.5. The number of benzene rings is 2.